The Morgan fingerprint density at radius 2 is 1.95 bits per heavy atom. The summed E-state index contributed by atoms with van der Waals surface area (Å²) >= 11 is 5.87. The van der Waals surface area contributed by atoms with E-state index in [1.807, 2.05) is 0 Å². The lowest BCUT2D eigenvalue weighted by Crippen LogP contribution is -2.51. The third-order valence-electron chi connectivity index (χ3n) is 7.88. The van der Waals surface area contributed by atoms with Gasteiger partial charge in [0.15, 0.2) is 11.9 Å². The fourth-order valence-electron chi connectivity index (χ4n) is 5.49. The second-order valence-electron chi connectivity index (χ2n) is 10.5. The van der Waals surface area contributed by atoms with Crippen LogP contribution in [0.2, 0.25) is 5.02 Å². The number of carbonyl (C=O) groups excluding carboxylic acids is 1. The Hall–Kier alpha value is -3.09. The molecule has 3 unspecified atom stereocenters. The molecule has 1 N–H and O–H groups in total. The third kappa shape index (κ3) is 5.19. The number of aromatic carboxylic acids is 1. The average Bonchev–Trinajstić information content (AvgIpc) is 3.46. The molecule has 3 aromatic rings. The number of fused-ring (bicyclic) bond motifs is 1. The van der Waals surface area contributed by atoms with Crippen molar-refractivity contribution in [3.8, 4) is 0 Å². The van der Waals surface area contributed by atoms with E-state index in [-0.39, 0.29) is 34.8 Å². The SMILES string of the molecule is CC1(c2ccc(Cl)cc2F)OCC(C(=O)N2CCN(Cc3nc4ccc(C(=O)O)cc4n3CC3CCO3)CC2)O1. The molecule has 212 valence electrons. The number of nitrogens with zero attached hydrogens (tertiary/aromatic N) is 4. The van der Waals surface area contributed by atoms with Crippen molar-refractivity contribution in [3.63, 3.8) is 0 Å². The maximum absolute atomic E-state index is 14.5. The molecule has 3 aliphatic rings. The van der Waals surface area contributed by atoms with Gasteiger partial charge < -0.3 is 28.8 Å². The number of carboxylic acid groups (broad SMARTS) is 1. The third-order valence-corrected chi connectivity index (χ3v) is 8.11. The van der Waals surface area contributed by atoms with Gasteiger partial charge >= 0.3 is 5.97 Å². The first-order valence-corrected chi connectivity index (χ1v) is 13.7. The van der Waals surface area contributed by atoms with Gasteiger partial charge in [0.2, 0.25) is 0 Å². The quantitative estimate of drug-likeness (QED) is 0.460. The lowest BCUT2D eigenvalue weighted by Gasteiger charge is -2.36. The monoisotopic (exact) mass is 572 g/mol. The molecule has 0 aliphatic carbocycles. The summed E-state index contributed by atoms with van der Waals surface area (Å²) in [4.78, 5) is 33.6. The zero-order valence-electron chi connectivity index (χ0n) is 22.0. The van der Waals surface area contributed by atoms with E-state index in [2.05, 4.69) is 9.47 Å². The molecular weight excluding hydrogens is 543 g/mol. The highest BCUT2D eigenvalue weighted by Crippen LogP contribution is 2.36. The maximum atomic E-state index is 14.5. The molecule has 4 heterocycles. The summed E-state index contributed by atoms with van der Waals surface area (Å²) in [5, 5.41) is 9.74. The van der Waals surface area contributed by atoms with Crippen LogP contribution in [0.25, 0.3) is 11.0 Å². The van der Waals surface area contributed by atoms with Gasteiger partial charge in [0.1, 0.15) is 11.6 Å². The Kier molecular flexibility index (Phi) is 7.26. The highest BCUT2D eigenvalue weighted by Gasteiger charge is 2.45. The molecule has 3 atom stereocenters. The molecule has 2 aromatic carbocycles. The molecule has 6 rings (SSSR count). The minimum atomic E-state index is -1.37. The first-order valence-electron chi connectivity index (χ1n) is 13.3. The van der Waals surface area contributed by atoms with Crippen LogP contribution in [0, 0.1) is 5.82 Å². The van der Waals surface area contributed by atoms with E-state index in [1.165, 1.54) is 12.1 Å². The number of carboxylic acids is 1. The predicted octanol–water partition coefficient (Wildman–Crippen LogP) is 3.25. The second kappa shape index (κ2) is 10.7. The van der Waals surface area contributed by atoms with E-state index in [4.69, 9.17) is 30.8 Å². The number of ether oxygens (including phenoxy) is 3. The predicted molar refractivity (Wildman–Crippen MR) is 142 cm³/mol. The minimum Gasteiger partial charge on any atom is -0.478 e. The van der Waals surface area contributed by atoms with Crippen molar-refractivity contribution < 1.29 is 33.3 Å². The number of amides is 1. The van der Waals surface area contributed by atoms with Crippen LogP contribution in [0.1, 0.15) is 35.1 Å². The molecule has 0 bridgehead atoms. The summed E-state index contributed by atoms with van der Waals surface area (Å²) < 4.78 is 33.9. The van der Waals surface area contributed by atoms with Crippen molar-refractivity contribution in [2.45, 2.75) is 44.4 Å². The van der Waals surface area contributed by atoms with Gasteiger partial charge in [0, 0.05) is 43.4 Å². The smallest absolute Gasteiger partial charge is 0.335 e. The molecule has 0 saturated carbocycles. The summed E-state index contributed by atoms with van der Waals surface area (Å²) in [6.07, 6.45) is 0.205. The Bertz CT molecular complexity index is 1450. The van der Waals surface area contributed by atoms with Crippen molar-refractivity contribution in [2.24, 2.45) is 0 Å². The van der Waals surface area contributed by atoms with E-state index in [0.29, 0.717) is 39.3 Å². The van der Waals surface area contributed by atoms with Crippen molar-refractivity contribution in [2.75, 3.05) is 39.4 Å². The molecule has 1 amide bonds. The summed E-state index contributed by atoms with van der Waals surface area (Å²) in [7, 11) is 0. The molecule has 1 aromatic heterocycles. The molecule has 12 heteroatoms. The molecular formula is C28H30ClFN4O6. The van der Waals surface area contributed by atoms with Gasteiger partial charge in [0.25, 0.3) is 5.91 Å². The van der Waals surface area contributed by atoms with E-state index < -0.39 is 23.7 Å². The van der Waals surface area contributed by atoms with Gasteiger partial charge in [-0.3, -0.25) is 9.69 Å². The van der Waals surface area contributed by atoms with Gasteiger partial charge in [0.05, 0.1) is 42.4 Å². The topological polar surface area (TPSA) is 106 Å². The Balaban J connectivity index is 1.10. The van der Waals surface area contributed by atoms with Gasteiger partial charge in [-0.2, -0.15) is 0 Å². The maximum Gasteiger partial charge on any atom is 0.335 e. The van der Waals surface area contributed by atoms with Gasteiger partial charge in [-0.25, -0.2) is 14.2 Å². The summed E-state index contributed by atoms with van der Waals surface area (Å²) in [5.41, 5.74) is 1.93. The van der Waals surface area contributed by atoms with Crippen LogP contribution in [0.15, 0.2) is 36.4 Å². The fourth-order valence-corrected chi connectivity index (χ4v) is 5.65. The Morgan fingerprint density at radius 1 is 1.18 bits per heavy atom. The van der Waals surface area contributed by atoms with E-state index in [1.54, 1.807) is 36.1 Å². The summed E-state index contributed by atoms with van der Waals surface area (Å²) in [5.74, 6) is -2.26. The number of imidazole rings is 1. The number of hydrogen-bond acceptors (Lipinski definition) is 7. The standard InChI is InChI=1S/C28H30ClFN4O6/c1-28(20-4-3-18(29)13-21(20)30)39-16-24(40-28)26(35)33-9-7-32(8-10-33)15-25-31-22-5-2-17(27(36)37)12-23(22)34(25)14-19-6-11-38-19/h2-5,12-13,19,24H,6-11,14-16H2,1H3,(H,36,37). The van der Waals surface area contributed by atoms with E-state index >= 15 is 0 Å². The molecule has 0 radical (unpaired) electrons. The average molecular weight is 573 g/mol. The van der Waals surface area contributed by atoms with Crippen LogP contribution in [0.4, 0.5) is 4.39 Å². The number of halogens is 2. The molecule has 3 aliphatic heterocycles. The lowest BCUT2D eigenvalue weighted by molar-refractivity contribution is -0.175. The minimum absolute atomic E-state index is 0.0310. The molecule has 3 fully saturated rings. The van der Waals surface area contributed by atoms with Crippen molar-refractivity contribution in [1.29, 1.82) is 0 Å². The van der Waals surface area contributed by atoms with Crippen molar-refractivity contribution >= 4 is 34.5 Å². The molecule has 10 nitrogen and oxygen atoms in total. The molecule has 3 saturated heterocycles. The molecule has 0 spiro atoms. The van der Waals surface area contributed by atoms with Crippen LogP contribution >= 0.6 is 11.6 Å². The Labute approximate surface area is 235 Å². The highest BCUT2D eigenvalue weighted by molar-refractivity contribution is 6.30. The first-order chi connectivity index (χ1) is 19.2. The summed E-state index contributed by atoms with van der Waals surface area (Å²) in [6, 6.07) is 9.24. The second-order valence-corrected chi connectivity index (χ2v) is 11.0. The number of aromatic nitrogens is 2. The summed E-state index contributed by atoms with van der Waals surface area (Å²) in [6.45, 7) is 5.79. The number of piperazine rings is 1. The largest absolute Gasteiger partial charge is 0.478 e. The Morgan fingerprint density at radius 3 is 2.62 bits per heavy atom. The van der Waals surface area contributed by atoms with Crippen molar-refractivity contribution in [1.82, 2.24) is 19.4 Å². The normalized spacial score (nSPS) is 25.3. The van der Waals surface area contributed by atoms with Crippen LogP contribution < -0.4 is 0 Å². The zero-order chi connectivity index (χ0) is 28.0. The van der Waals surface area contributed by atoms with Gasteiger partial charge in [-0.05, 0) is 49.7 Å². The van der Waals surface area contributed by atoms with Crippen LogP contribution in [-0.4, -0.2) is 87.9 Å². The van der Waals surface area contributed by atoms with Gasteiger partial charge in [-0.15, -0.1) is 0 Å². The van der Waals surface area contributed by atoms with Crippen LogP contribution in [-0.2, 0) is 37.9 Å². The number of carbonyl (C=O) groups is 2. The molecule has 40 heavy (non-hydrogen) atoms. The van der Waals surface area contributed by atoms with E-state index in [0.717, 1.165) is 29.9 Å². The number of hydrogen-bond donors (Lipinski definition) is 1. The van der Waals surface area contributed by atoms with E-state index in [9.17, 15) is 19.1 Å². The van der Waals surface area contributed by atoms with Crippen LogP contribution in [0.5, 0.6) is 0 Å². The zero-order valence-corrected chi connectivity index (χ0v) is 22.8. The number of benzene rings is 2. The lowest BCUT2D eigenvalue weighted by atomic mass is 10.1. The van der Waals surface area contributed by atoms with Crippen molar-refractivity contribution in [3.05, 3.63) is 64.2 Å². The van der Waals surface area contributed by atoms with Crippen LogP contribution in [0.3, 0.4) is 0 Å². The number of rotatable bonds is 7. The fraction of sp³-hybridized carbons (Fsp3) is 0.464. The first kappa shape index (κ1) is 27.1. The van der Waals surface area contributed by atoms with Gasteiger partial charge in [-0.1, -0.05) is 11.6 Å². The highest BCUT2D eigenvalue weighted by atomic mass is 35.5.